The highest BCUT2D eigenvalue weighted by Gasteiger charge is 2.14. The molecule has 1 amide bonds. The van der Waals surface area contributed by atoms with Crippen LogP contribution in [0, 0.1) is 0 Å². The Kier molecular flexibility index (Phi) is 6.60. The number of amides is 1. The number of quaternary nitrogens is 1. The van der Waals surface area contributed by atoms with Crippen LogP contribution >= 0.6 is 0 Å². The van der Waals surface area contributed by atoms with Crippen molar-refractivity contribution in [2.45, 2.75) is 19.4 Å². The molecule has 29 heavy (non-hydrogen) atoms. The van der Waals surface area contributed by atoms with Crippen LogP contribution in [0.3, 0.4) is 0 Å². The quantitative estimate of drug-likeness (QED) is 0.613. The van der Waals surface area contributed by atoms with Crippen molar-refractivity contribution in [1.29, 1.82) is 0 Å². The van der Waals surface area contributed by atoms with E-state index in [1.807, 2.05) is 6.07 Å². The van der Waals surface area contributed by atoms with Gasteiger partial charge in [0.25, 0.3) is 0 Å². The second-order valence-corrected chi connectivity index (χ2v) is 7.75. The number of ether oxygens (including phenoxy) is 1. The van der Waals surface area contributed by atoms with E-state index in [4.69, 9.17) is 4.74 Å². The van der Waals surface area contributed by atoms with Gasteiger partial charge < -0.3 is 19.5 Å². The van der Waals surface area contributed by atoms with E-state index in [1.54, 1.807) is 0 Å². The minimum absolute atomic E-state index is 0.137. The Labute approximate surface area is 172 Å². The summed E-state index contributed by atoms with van der Waals surface area (Å²) in [4.78, 5) is 13.9. The summed E-state index contributed by atoms with van der Waals surface area (Å²) in [5, 5.41) is 4.33. The third-order valence-corrected chi connectivity index (χ3v) is 5.69. The highest BCUT2D eigenvalue weighted by atomic mass is 16.5. The van der Waals surface area contributed by atoms with Crippen molar-refractivity contribution in [2.75, 3.05) is 39.4 Å². The Bertz CT molecular complexity index is 930. The molecule has 1 saturated heterocycles. The predicted octanol–water partition coefficient (Wildman–Crippen LogP) is 1.65. The van der Waals surface area contributed by atoms with Gasteiger partial charge in [-0.05, 0) is 23.6 Å². The number of carbonyl (C=O) groups is 1. The van der Waals surface area contributed by atoms with E-state index in [2.05, 4.69) is 64.6 Å². The van der Waals surface area contributed by atoms with Crippen LogP contribution in [-0.2, 0) is 22.5 Å². The SMILES string of the molecule is O=C(CCc1cn(Cc2ccccc2)c2ccccc12)NCC[NH+]1CCOCC1. The molecular weight excluding hydrogens is 362 g/mol. The molecule has 5 heteroatoms. The van der Waals surface area contributed by atoms with E-state index < -0.39 is 0 Å². The number of morpholine rings is 1. The molecule has 1 aliphatic heterocycles. The summed E-state index contributed by atoms with van der Waals surface area (Å²) in [5.41, 5.74) is 3.75. The highest BCUT2D eigenvalue weighted by molar-refractivity contribution is 5.85. The maximum absolute atomic E-state index is 12.3. The average molecular weight is 393 g/mol. The number of para-hydroxylation sites is 1. The summed E-state index contributed by atoms with van der Waals surface area (Å²) in [6.07, 6.45) is 3.50. The molecule has 0 radical (unpaired) electrons. The standard InChI is InChI=1S/C24H29N3O2/c28-24(25-12-13-26-14-16-29-17-15-26)11-10-21-19-27(18-20-6-2-1-3-7-20)23-9-5-4-8-22(21)23/h1-9,19H,10-18H2,(H,25,28)/p+1. The molecule has 5 nitrogen and oxygen atoms in total. The zero-order valence-electron chi connectivity index (χ0n) is 16.9. The Morgan fingerprint density at radius 1 is 1.03 bits per heavy atom. The lowest BCUT2D eigenvalue weighted by Gasteiger charge is -2.23. The van der Waals surface area contributed by atoms with Crippen LogP contribution in [0.25, 0.3) is 10.9 Å². The van der Waals surface area contributed by atoms with Crippen molar-refractivity contribution < 1.29 is 14.4 Å². The van der Waals surface area contributed by atoms with Gasteiger partial charge in [-0.15, -0.1) is 0 Å². The van der Waals surface area contributed by atoms with Gasteiger partial charge in [-0.3, -0.25) is 4.79 Å². The van der Waals surface area contributed by atoms with E-state index in [9.17, 15) is 4.79 Å². The lowest BCUT2D eigenvalue weighted by molar-refractivity contribution is -0.906. The van der Waals surface area contributed by atoms with Gasteiger partial charge in [-0.25, -0.2) is 0 Å². The number of aromatic nitrogens is 1. The van der Waals surface area contributed by atoms with Gasteiger partial charge in [-0.1, -0.05) is 48.5 Å². The van der Waals surface area contributed by atoms with Gasteiger partial charge in [0.1, 0.15) is 13.1 Å². The summed E-state index contributed by atoms with van der Waals surface area (Å²) >= 11 is 0. The topological polar surface area (TPSA) is 47.7 Å². The summed E-state index contributed by atoms with van der Waals surface area (Å²) in [6.45, 7) is 6.30. The molecule has 1 fully saturated rings. The minimum Gasteiger partial charge on any atom is -0.370 e. The van der Waals surface area contributed by atoms with Crippen molar-refractivity contribution in [1.82, 2.24) is 9.88 Å². The van der Waals surface area contributed by atoms with Crippen molar-refractivity contribution in [2.24, 2.45) is 0 Å². The van der Waals surface area contributed by atoms with Crippen molar-refractivity contribution in [3.05, 3.63) is 71.9 Å². The van der Waals surface area contributed by atoms with E-state index in [0.717, 1.165) is 52.4 Å². The van der Waals surface area contributed by atoms with Crippen LogP contribution in [0.5, 0.6) is 0 Å². The fourth-order valence-corrected chi connectivity index (χ4v) is 4.06. The monoisotopic (exact) mass is 392 g/mol. The predicted molar refractivity (Wildman–Crippen MR) is 115 cm³/mol. The van der Waals surface area contributed by atoms with Crippen molar-refractivity contribution >= 4 is 16.8 Å². The molecule has 0 aliphatic carbocycles. The van der Waals surface area contributed by atoms with Gasteiger partial charge in [-0.2, -0.15) is 0 Å². The fraction of sp³-hybridized carbons (Fsp3) is 0.375. The molecule has 4 rings (SSSR count). The normalized spacial score (nSPS) is 14.9. The van der Waals surface area contributed by atoms with Gasteiger partial charge in [0.2, 0.25) is 5.91 Å². The summed E-state index contributed by atoms with van der Waals surface area (Å²) in [5.74, 6) is 0.137. The van der Waals surface area contributed by atoms with Crippen molar-refractivity contribution in [3.8, 4) is 0 Å². The third-order valence-electron chi connectivity index (χ3n) is 5.69. The highest BCUT2D eigenvalue weighted by Crippen LogP contribution is 2.23. The molecule has 152 valence electrons. The third kappa shape index (κ3) is 5.25. The Balaban J connectivity index is 1.34. The molecule has 3 aromatic rings. The van der Waals surface area contributed by atoms with E-state index in [-0.39, 0.29) is 5.91 Å². The maximum atomic E-state index is 12.3. The smallest absolute Gasteiger partial charge is 0.220 e. The molecule has 1 aliphatic rings. The van der Waals surface area contributed by atoms with E-state index in [1.165, 1.54) is 26.9 Å². The molecule has 0 unspecified atom stereocenters. The average Bonchev–Trinajstić information content (AvgIpc) is 3.11. The second-order valence-electron chi connectivity index (χ2n) is 7.75. The summed E-state index contributed by atoms with van der Waals surface area (Å²) in [6, 6.07) is 19.0. The first-order chi connectivity index (χ1) is 14.3. The number of fused-ring (bicyclic) bond motifs is 1. The second kappa shape index (κ2) is 9.72. The molecule has 0 bridgehead atoms. The van der Waals surface area contributed by atoms with Gasteiger partial charge in [0.05, 0.1) is 26.3 Å². The number of rotatable bonds is 8. The van der Waals surface area contributed by atoms with Gasteiger partial charge in [0, 0.05) is 30.1 Å². The summed E-state index contributed by atoms with van der Waals surface area (Å²) < 4.78 is 7.67. The first-order valence-electron chi connectivity index (χ1n) is 10.6. The van der Waals surface area contributed by atoms with Crippen LogP contribution in [-0.4, -0.2) is 49.9 Å². The fourth-order valence-electron chi connectivity index (χ4n) is 4.06. The maximum Gasteiger partial charge on any atom is 0.220 e. The number of carbonyl (C=O) groups excluding carboxylic acids is 1. The Morgan fingerprint density at radius 3 is 2.62 bits per heavy atom. The van der Waals surface area contributed by atoms with E-state index >= 15 is 0 Å². The largest absolute Gasteiger partial charge is 0.370 e. The molecular formula is C24H30N3O2+. The molecule has 2 aromatic carbocycles. The first-order valence-corrected chi connectivity index (χ1v) is 10.6. The number of nitrogens with one attached hydrogen (secondary N) is 2. The first kappa shape index (κ1) is 19.7. The van der Waals surface area contributed by atoms with Crippen molar-refractivity contribution in [3.63, 3.8) is 0 Å². The number of benzene rings is 2. The molecule has 1 aromatic heterocycles. The Morgan fingerprint density at radius 2 is 1.79 bits per heavy atom. The molecule has 2 heterocycles. The number of hydrogen-bond acceptors (Lipinski definition) is 2. The lowest BCUT2D eigenvalue weighted by atomic mass is 10.1. The lowest BCUT2D eigenvalue weighted by Crippen LogP contribution is -3.14. The van der Waals surface area contributed by atoms with Crippen LogP contribution in [0.15, 0.2) is 60.8 Å². The molecule has 0 saturated carbocycles. The number of aryl methyl sites for hydroxylation is 1. The summed E-state index contributed by atoms with van der Waals surface area (Å²) in [7, 11) is 0. The zero-order valence-corrected chi connectivity index (χ0v) is 16.9. The van der Waals surface area contributed by atoms with Crippen LogP contribution in [0.4, 0.5) is 0 Å². The zero-order chi connectivity index (χ0) is 19.9. The number of hydrogen-bond donors (Lipinski definition) is 2. The molecule has 0 atom stereocenters. The number of nitrogens with zero attached hydrogens (tertiary/aromatic N) is 1. The van der Waals surface area contributed by atoms with Crippen LogP contribution in [0.2, 0.25) is 0 Å². The van der Waals surface area contributed by atoms with Crippen LogP contribution in [0.1, 0.15) is 17.5 Å². The van der Waals surface area contributed by atoms with E-state index in [0.29, 0.717) is 6.42 Å². The van der Waals surface area contributed by atoms with Gasteiger partial charge in [0.15, 0.2) is 0 Å². The van der Waals surface area contributed by atoms with Gasteiger partial charge >= 0.3 is 0 Å². The molecule has 2 N–H and O–H groups in total. The minimum atomic E-state index is 0.137. The van der Waals surface area contributed by atoms with Crippen LogP contribution < -0.4 is 10.2 Å². The Hall–Kier alpha value is -2.63. The molecule has 0 spiro atoms.